The first kappa shape index (κ1) is 14.4. The molecule has 0 saturated carbocycles. The standard InChI is InChI=1S/C17H24N2O2/c1-12-5-3-4-6-16(12)21-10-9-19(2)17(20)14-11-13-7-8-15(14)18-13/h3-6,13-15,18H,7-11H2,1-2H3. The van der Waals surface area contributed by atoms with Crippen LogP contribution >= 0.6 is 0 Å². The van der Waals surface area contributed by atoms with Crippen LogP contribution < -0.4 is 10.1 Å². The number of nitrogens with one attached hydrogen (secondary N) is 1. The average Bonchev–Trinajstić information content (AvgIpc) is 3.11. The maximum atomic E-state index is 12.5. The number of hydrogen-bond donors (Lipinski definition) is 1. The van der Waals surface area contributed by atoms with E-state index < -0.39 is 0 Å². The minimum Gasteiger partial charge on any atom is -0.491 e. The van der Waals surface area contributed by atoms with Gasteiger partial charge in [0.15, 0.2) is 0 Å². The van der Waals surface area contributed by atoms with Crippen LogP contribution in [0.25, 0.3) is 0 Å². The van der Waals surface area contributed by atoms with Crippen LogP contribution in [0, 0.1) is 12.8 Å². The summed E-state index contributed by atoms with van der Waals surface area (Å²) in [7, 11) is 1.88. The first-order valence-electron chi connectivity index (χ1n) is 7.84. The summed E-state index contributed by atoms with van der Waals surface area (Å²) in [6.07, 6.45) is 3.38. The number of rotatable bonds is 5. The predicted octanol–water partition coefficient (Wildman–Crippen LogP) is 1.97. The fraction of sp³-hybridized carbons (Fsp3) is 0.588. The van der Waals surface area contributed by atoms with Gasteiger partial charge in [0.2, 0.25) is 5.91 Å². The van der Waals surface area contributed by atoms with Gasteiger partial charge in [0.05, 0.1) is 12.5 Å². The number of para-hydroxylation sites is 1. The number of likely N-dealkylation sites (N-methyl/N-ethyl adjacent to an activating group) is 1. The van der Waals surface area contributed by atoms with E-state index in [4.69, 9.17) is 4.74 Å². The summed E-state index contributed by atoms with van der Waals surface area (Å²) in [5.41, 5.74) is 1.13. The van der Waals surface area contributed by atoms with Crippen molar-refractivity contribution in [2.75, 3.05) is 20.2 Å². The van der Waals surface area contributed by atoms with Gasteiger partial charge in [0.1, 0.15) is 12.4 Å². The molecule has 4 nitrogen and oxygen atoms in total. The van der Waals surface area contributed by atoms with E-state index in [1.165, 1.54) is 6.42 Å². The molecule has 1 N–H and O–H groups in total. The van der Waals surface area contributed by atoms with E-state index in [9.17, 15) is 4.79 Å². The Morgan fingerprint density at radius 3 is 2.86 bits per heavy atom. The molecule has 4 heteroatoms. The summed E-state index contributed by atoms with van der Waals surface area (Å²) < 4.78 is 5.77. The van der Waals surface area contributed by atoms with Crippen LogP contribution in [0.4, 0.5) is 0 Å². The third-order valence-corrected chi connectivity index (χ3v) is 4.77. The Kier molecular flexibility index (Phi) is 4.15. The highest BCUT2D eigenvalue weighted by atomic mass is 16.5. The SMILES string of the molecule is Cc1ccccc1OCCN(C)C(=O)C1CC2CCC1N2. The molecule has 3 rings (SSSR count). The molecule has 2 heterocycles. The number of carbonyl (C=O) groups excluding carboxylic acids is 1. The minimum atomic E-state index is 0.173. The number of carbonyl (C=O) groups is 1. The van der Waals surface area contributed by atoms with Crippen molar-refractivity contribution in [1.29, 1.82) is 0 Å². The maximum Gasteiger partial charge on any atom is 0.227 e. The molecule has 0 radical (unpaired) electrons. The molecule has 3 atom stereocenters. The minimum absolute atomic E-state index is 0.173. The fourth-order valence-electron chi connectivity index (χ4n) is 3.50. The summed E-state index contributed by atoms with van der Waals surface area (Å²) in [4.78, 5) is 14.3. The summed E-state index contributed by atoms with van der Waals surface area (Å²) in [6, 6.07) is 8.95. The monoisotopic (exact) mass is 288 g/mol. The molecule has 2 fully saturated rings. The first-order chi connectivity index (χ1) is 10.1. The number of benzene rings is 1. The lowest BCUT2D eigenvalue weighted by Crippen LogP contribution is -2.40. The largest absolute Gasteiger partial charge is 0.491 e. The molecule has 0 aliphatic carbocycles. The Hall–Kier alpha value is -1.55. The highest BCUT2D eigenvalue weighted by molar-refractivity contribution is 5.80. The lowest BCUT2D eigenvalue weighted by Gasteiger charge is -2.25. The van der Waals surface area contributed by atoms with Gasteiger partial charge in [-0.05, 0) is 37.8 Å². The Morgan fingerprint density at radius 1 is 1.38 bits per heavy atom. The van der Waals surface area contributed by atoms with Crippen LogP contribution in [0.1, 0.15) is 24.8 Å². The van der Waals surface area contributed by atoms with E-state index in [0.29, 0.717) is 25.2 Å². The molecule has 2 saturated heterocycles. The fourth-order valence-corrected chi connectivity index (χ4v) is 3.50. The van der Waals surface area contributed by atoms with Gasteiger partial charge < -0.3 is 15.0 Å². The van der Waals surface area contributed by atoms with Crippen molar-refractivity contribution in [3.8, 4) is 5.75 Å². The average molecular weight is 288 g/mol. The quantitative estimate of drug-likeness (QED) is 0.900. The van der Waals surface area contributed by atoms with Crippen molar-refractivity contribution in [3.05, 3.63) is 29.8 Å². The lowest BCUT2D eigenvalue weighted by molar-refractivity contribution is -0.135. The molecule has 2 aliphatic rings. The molecule has 114 valence electrons. The van der Waals surface area contributed by atoms with Gasteiger partial charge in [0.25, 0.3) is 0 Å². The van der Waals surface area contributed by atoms with Gasteiger partial charge in [-0.2, -0.15) is 0 Å². The Bertz CT molecular complexity index is 517. The van der Waals surface area contributed by atoms with Crippen LogP contribution in [0.2, 0.25) is 0 Å². The molecule has 21 heavy (non-hydrogen) atoms. The molecule has 0 aromatic heterocycles. The van der Waals surface area contributed by atoms with E-state index >= 15 is 0 Å². The second kappa shape index (κ2) is 6.06. The number of hydrogen-bond acceptors (Lipinski definition) is 3. The lowest BCUT2D eigenvalue weighted by atomic mass is 9.88. The number of nitrogens with zero attached hydrogens (tertiary/aromatic N) is 1. The van der Waals surface area contributed by atoms with Crippen LogP contribution in [0.5, 0.6) is 5.75 Å². The van der Waals surface area contributed by atoms with Crippen LogP contribution in [-0.4, -0.2) is 43.1 Å². The van der Waals surface area contributed by atoms with Gasteiger partial charge in [-0.15, -0.1) is 0 Å². The zero-order valence-electron chi connectivity index (χ0n) is 12.8. The zero-order valence-corrected chi connectivity index (χ0v) is 12.8. The molecule has 0 spiro atoms. The third kappa shape index (κ3) is 3.05. The smallest absolute Gasteiger partial charge is 0.227 e. The third-order valence-electron chi connectivity index (χ3n) is 4.77. The molecular weight excluding hydrogens is 264 g/mol. The van der Waals surface area contributed by atoms with Crippen molar-refractivity contribution in [2.24, 2.45) is 5.92 Å². The van der Waals surface area contributed by atoms with Crippen molar-refractivity contribution in [3.63, 3.8) is 0 Å². The van der Waals surface area contributed by atoms with Crippen molar-refractivity contribution in [1.82, 2.24) is 10.2 Å². The number of ether oxygens (including phenoxy) is 1. The first-order valence-corrected chi connectivity index (χ1v) is 7.84. The summed E-state index contributed by atoms with van der Waals surface area (Å²) in [6.45, 7) is 3.22. The Morgan fingerprint density at radius 2 is 2.19 bits per heavy atom. The van der Waals surface area contributed by atoms with E-state index in [2.05, 4.69) is 5.32 Å². The molecule has 1 aromatic rings. The van der Waals surface area contributed by atoms with Gasteiger partial charge in [0, 0.05) is 19.1 Å². The topological polar surface area (TPSA) is 41.6 Å². The number of aryl methyl sites for hydroxylation is 1. The normalized spacial score (nSPS) is 26.9. The second-order valence-electron chi connectivity index (χ2n) is 6.26. The predicted molar refractivity (Wildman–Crippen MR) is 82.4 cm³/mol. The molecular formula is C17H24N2O2. The van der Waals surface area contributed by atoms with Gasteiger partial charge in [-0.25, -0.2) is 0 Å². The highest BCUT2D eigenvalue weighted by Gasteiger charge is 2.43. The van der Waals surface area contributed by atoms with Crippen LogP contribution in [0.3, 0.4) is 0 Å². The van der Waals surface area contributed by atoms with E-state index in [1.54, 1.807) is 0 Å². The number of amides is 1. The number of fused-ring (bicyclic) bond motifs is 2. The van der Waals surface area contributed by atoms with Gasteiger partial charge in [-0.1, -0.05) is 18.2 Å². The van der Waals surface area contributed by atoms with Gasteiger partial charge >= 0.3 is 0 Å². The van der Waals surface area contributed by atoms with E-state index in [0.717, 1.165) is 24.2 Å². The maximum absolute atomic E-state index is 12.5. The summed E-state index contributed by atoms with van der Waals surface area (Å²) in [5, 5.41) is 3.52. The van der Waals surface area contributed by atoms with E-state index in [1.807, 2.05) is 43.1 Å². The molecule has 2 aliphatic heterocycles. The van der Waals surface area contributed by atoms with Crippen molar-refractivity contribution >= 4 is 5.91 Å². The molecule has 1 aromatic carbocycles. The van der Waals surface area contributed by atoms with Crippen molar-refractivity contribution < 1.29 is 9.53 Å². The summed E-state index contributed by atoms with van der Waals surface area (Å²) in [5.74, 6) is 1.34. The molecule has 3 unspecified atom stereocenters. The van der Waals surface area contributed by atoms with E-state index in [-0.39, 0.29) is 11.8 Å². The second-order valence-corrected chi connectivity index (χ2v) is 6.26. The highest BCUT2D eigenvalue weighted by Crippen LogP contribution is 2.34. The Labute approximate surface area is 126 Å². The summed E-state index contributed by atoms with van der Waals surface area (Å²) >= 11 is 0. The molecule has 1 amide bonds. The van der Waals surface area contributed by atoms with Gasteiger partial charge in [-0.3, -0.25) is 4.79 Å². The van der Waals surface area contributed by atoms with Crippen LogP contribution in [-0.2, 0) is 4.79 Å². The Balaban J connectivity index is 1.47. The molecule has 2 bridgehead atoms. The van der Waals surface area contributed by atoms with Crippen molar-refractivity contribution in [2.45, 2.75) is 38.3 Å². The van der Waals surface area contributed by atoms with Crippen LogP contribution in [0.15, 0.2) is 24.3 Å². The zero-order chi connectivity index (χ0) is 14.8.